The molecule has 5 heteroatoms. The smallest absolute Gasteiger partial charge is 0.255 e. The van der Waals surface area contributed by atoms with Gasteiger partial charge in [0.2, 0.25) is 0 Å². The van der Waals surface area contributed by atoms with E-state index in [2.05, 4.69) is 22.2 Å². The van der Waals surface area contributed by atoms with Gasteiger partial charge in [-0.3, -0.25) is 4.79 Å². The Hall–Kier alpha value is -2.66. The number of benzene rings is 2. The summed E-state index contributed by atoms with van der Waals surface area (Å²) in [5.41, 5.74) is 5.79. The molecule has 0 aliphatic heterocycles. The third kappa shape index (κ3) is 2.47. The Balaban J connectivity index is 1.66. The molecule has 120 valence electrons. The van der Waals surface area contributed by atoms with E-state index in [9.17, 15) is 4.79 Å². The van der Waals surface area contributed by atoms with E-state index in [1.54, 1.807) is 11.3 Å². The number of thiazole rings is 1. The van der Waals surface area contributed by atoms with Crippen molar-refractivity contribution >= 4 is 44.1 Å². The molecule has 4 aromatic rings. The number of rotatable bonds is 2. The van der Waals surface area contributed by atoms with Gasteiger partial charge in [-0.05, 0) is 62.7 Å². The van der Waals surface area contributed by atoms with Crippen LogP contribution in [0.15, 0.2) is 36.4 Å². The van der Waals surface area contributed by atoms with Crippen LogP contribution in [0.25, 0.3) is 21.1 Å². The lowest BCUT2D eigenvalue weighted by molar-refractivity contribution is 0.102. The van der Waals surface area contributed by atoms with Crippen molar-refractivity contribution in [3.05, 3.63) is 58.2 Å². The van der Waals surface area contributed by atoms with Crippen LogP contribution in [0.4, 0.5) is 5.69 Å². The second-order valence-corrected chi connectivity index (χ2v) is 7.24. The highest BCUT2D eigenvalue weighted by atomic mass is 32.1. The molecule has 0 aliphatic carbocycles. The summed E-state index contributed by atoms with van der Waals surface area (Å²) in [6.45, 7) is 6.09. The maximum atomic E-state index is 12.6. The van der Waals surface area contributed by atoms with E-state index >= 15 is 0 Å². The molecule has 4 rings (SSSR count). The molecule has 0 saturated heterocycles. The van der Waals surface area contributed by atoms with Crippen LogP contribution in [0.1, 0.15) is 26.6 Å². The first kappa shape index (κ1) is 14.9. The molecule has 24 heavy (non-hydrogen) atoms. The van der Waals surface area contributed by atoms with Crippen LogP contribution in [0.3, 0.4) is 0 Å². The molecule has 0 saturated carbocycles. The average molecular weight is 335 g/mol. The second kappa shape index (κ2) is 5.46. The van der Waals surface area contributed by atoms with Gasteiger partial charge in [0.25, 0.3) is 5.91 Å². The van der Waals surface area contributed by atoms with E-state index in [-0.39, 0.29) is 5.91 Å². The Bertz CT molecular complexity index is 1090. The zero-order valence-electron chi connectivity index (χ0n) is 13.7. The van der Waals surface area contributed by atoms with Gasteiger partial charge in [0.15, 0.2) is 0 Å². The molecule has 0 bridgehead atoms. The molecular formula is C19H17N3OS. The summed E-state index contributed by atoms with van der Waals surface area (Å²) in [5.74, 6) is -0.101. The molecule has 0 radical (unpaired) electrons. The van der Waals surface area contributed by atoms with Crippen molar-refractivity contribution in [2.75, 3.05) is 5.32 Å². The molecule has 0 atom stereocenters. The molecule has 0 unspecified atom stereocenters. The fraction of sp³-hybridized carbons (Fsp3) is 0.158. The number of aromatic nitrogens is 2. The van der Waals surface area contributed by atoms with Gasteiger partial charge < -0.3 is 10.3 Å². The summed E-state index contributed by atoms with van der Waals surface area (Å²) in [7, 11) is 0. The highest BCUT2D eigenvalue weighted by Gasteiger charge is 2.11. The van der Waals surface area contributed by atoms with Crippen molar-refractivity contribution in [3.63, 3.8) is 0 Å². The van der Waals surface area contributed by atoms with Crippen LogP contribution >= 0.6 is 11.3 Å². The maximum Gasteiger partial charge on any atom is 0.255 e. The summed E-state index contributed by atoms with van der Waals surface area (Å²) in [6, 6.07) is 11.6. The first-order chi connectivity index (χ1) is 11.5. The zero-order valence-corrected chi connectivity index (χ0v) is 14.5. The molecule has 4 nitrogen and oxygen atoms in total. The van der Waals surface area contributed by atoms with Crippen LogP contribution in [0.2, 0.25) is 0 Å². The highest BCUT2D eigenvalue weighted by molar-refractivity contribution is 7.18. The monoisotopic (exact) mass is 335 g/mol. The molecule has 0 spiro atoms. The Morgan fingerprint density at radius 3 is 2.79 bits per heavy atom. The highest BCUT2D eigenvalue weighted by Crippen LogP contribution is 2.26. The van der Waals surface area contributed by atoms with Crippen LogP contribution in [-0.4, -0.2) is 15.9 Å². The first-order valence-electron chi connectivity index (χ1n) is 7.79. The number of aryl methyl sites for hydroxylation is 3. The summed E-state index contributed by atoms with van der Waals surface area (Å²) in [5, 5.41) is 5.10. The molecule has 0 fully saturated rings. The van der Waals surface area contributed by atoms with Crippen LogP contribution < -0.4 is 5.32 Å². The quantitative estimate of drug-likeness (QED) is 0.544. The predicted octanol–water partition coefficient (Wildman–Crippen LogP) is 4.96. The lowest BCUT2D eigenvalue weighted by Gasteiger charge is -2.06. The van der Waals surface area contributed by atoms with Gasteiger partial charge in [-0.2, -0.15) is 0 Å². The van der Waals surface area contributed by atoms with Crippen molar-refractivity contribution in [2.24, 2.45) is 0 Å². The number of H-pyrrole nitrogens is 1. The van der Waals surface area contributed by atoms with Crippen molar-refractivity contribution in [1.29, 1.82) is 0 Å². The number of carbonyl (C=O) groups is 1. The van der Waals surface area contributed by atoms with Crippen LogP contribution in [0.5, 0.6) is 0 Å². The van der Waals surface area contributed by atoms with E-state index in [1.807, 2.05) is 50.2 Å². The number of hydrogen-bond acceptors (Lipinski definition) is 3. The van der Waals surface area contributed by atoms with Gasteiger partial charge in [-0.1, -0.05) is 0 Å². The fourth-order valence-electron chi connectivity index (χ4n) is 2.92. The minimum absolute atomic E-state index is 0.101. The van der Waals surface area contributed by atoms with Crippen molar-refractivity contribution < 1.29 is 4.79 Å². The number of nitrogens with zero attached hydrogens (tertiary/aromatic N) is 1. The first-order valence-corrected chi connectivity index (χ1v) is 8.60. The predicted molar refractivity (Wildman–Crippen MR) is 100 cm³/mol. The summed E-state index contributed by atoms with van der Waals surface area (Å²) in [4.78, 5) is 20.4. The SMILES string of the molecule is Cc1nc2ccc(NC(=O)c3ccc4[nH]c(C)c(C)c4c3)cc2s1. The molecule has 1 amide bonds. The van der Waals surface area contributed by atoms with E-state index < -0.39 is 0 Å². The molecule has 0 aliphatic rings. The summed E-state index contributed by atoms with van der Waals surface area (Å²) in [6.07, 6.45) is 0. The number of nitrogens with one attached hydrogen (secondary N) is 2. The van der Waals surface area contributed by atoms with E-state index in [1.165, 1.54) is 5.56 Å². The number of hydrogen-bond donors (Lipinski definition) is 2. The largest absolute Gasteiger partial charge is 0.358 e. The average Bonchev–Trinajstić information content (AvgIpc) is 3.06. The number of anilines is 1. The normalized spacial score (nSPS) is 11.3. The number of amides is 1. The number of aromatic amines is 1. The van der Waals surface area contributed by atoms with Gasteiger partial charge in [-0.15, -0.1) is 11.3 Å². The molecule has 2 heterocycles. The molecular weight excluding hydrogens is 318 g/mol. The number of carbonyl (C=O) groups excluding carboxylic acids is 1. The Labute approximate surface area is 143 Å². The van der Waals surface area contributed by atoms with Gasteiger partial charge in [0.1, 0.15) is 0 Å². The third-order valence-electron chi connectivity index (χ3n) is 4.32. The van der Waals surface area contributed by atoms with Crippen LogP contribution in [-0.2, 0) is 0 Å². The fourth-order valence-corrected chi connectivity index (χ4v) is 3.79. The van der Waals surface area contributed by atoms with Gasteiger partial charge in [0, 0.05) is 27.8 Å². The third-order valence-corrected chi connectivity index (χ3v) is 5.26. The summed E-state index contributed by atoms with van der Waals surface area (Å²) < 4.78 is 1.08. The molecule has 2 N–H and O–H groups in total. The van der Waals surface area contributed by atoms with Crippen molar-refractivity contribution in [3.8, 4) is 0 Å². The lowest BCUT2D eigenvalue weighted by Crippen LogP contribution is -2.11. The standard InChI is InChI=1S/C19H17N3OS/c1-10-11(2)20-16-6-4-13(8-15(10)16)19(23)22-14-5-7-17-18(9-14)24-12(3)21-17/h4-9,20H,1-3H3,(H,22,23). The van der Waals surface area contributed by atoms with Crippen molar-refractivity contribution in [1.82, 2.24) is 9.97 Å². The zero-order chi connectivity index (χ0) is 16.8. The Morgan fingerprint density at radius 2 is 1.96 bits per heavy atom. The van der Waals surface area contributed by atoms with Gasteiger partial charge in [0.05, 0.1) is 15.2 Å². The Morgan fingerprint density at radius 1 is 1.12 bits per heavy atom. The van der Waals surface area contributed by atoms with E-state index in [4.69, 9.17) is 0 Å². The lowest BCUT2D eigenvalue weighted by atomic mass is 10.1. The van der Waals surface area contributed by atoms with E-state index in [0.717, 1.165) is 37.5 Å². The van der Waals surface area contributed by atoms with Gasteiger partial charge in [-0.25, -0.2) is 4.98 Å². The second-order valence-electron chi connectivity index (χ2n) is 6.00. The minimum Gasteiger partial charge on any atom is -0.358 e. The van der Waals surface area contributed by atoms with Crippen molar-refractivity contribution in [2.45, 2.75) is 20.8 Å². The molecule has 2 aromatic heterocycles. The minimum atomic E-state index is -0.101. The van der Waals surface area contributed by atoms with Gasteiger partial charge >= 0.3 is 0 Å². The number of fused-ring (bicyclic) bond motifs is 2. The molecule has 2 aromatic carbocycles. The topological polar surface area (TPSA) is 57.8 Å². The Kier molecular flexibility index (Phi) is 3.39. The maximum absolute atomic E-state index is 12.6. The van der Waals surface area contributed by atoms with Crippen LogP contribution in [0, 0.1) is 20.8 Å². The van der Waals surface area contributed by atoms with E-state index in [0.29, 0.717) is 5.56 Å². The summed E-state index contributed by atoms with van der Waals surface area (Å²) >= 11 is 1.63.